The molecule has 48 valence electrons. The topological polar surface area (TPSA) is 34.9 Å². The van der Waals surface area contributed by atoms with Crippen molar-refractivity contribution in [2.75, 3.05) is 0 Å². The molecule has 0 aliphatic carbocycles. The predicted molar refractivity (Wildman–Crippen MR) is 32.9 cm³/mol. The van der Waals surface area contributed by atoms with Crippen LogP contribution in [0.4, 0.5) is 0 Å². The average molecular weight is 124 g/mol. The van der Waals surface area contributed by atoms with Gasteiger partial charge in [-0.3, -0.25) is 4.68 Å². The quantitative estimate of drug-likeness (QED) is 0.549. The summed E-state index contributed by atoms with van der Waals surface area (Å²) in [7, 11) is 0. The number of hydrogen-bond donors (Lipinski definition) is 0. The smallest absolute Gasteiger partial charge is 0.121 e. The largest absolute Gasteiger partial charge is 0.303 e. The highest BCUT2D eigenvalue weighted by molar-refractivity contribution is 5.48. The summed E-state index contributed by atoms with van der Waals surface area (Å²) in [5.41, 5.74) is 0. The van der Waals surface area contributed by atoms with Crippen molar-refractivity contribution in [2.24, 2.45) is 0 Å². The number of carbonyl (C=O) groups is 1. The predicted octanol–water partition coefficient (Wildman–Crippen LogP) is 0.472. The number of aryl methyl sites for hydroxylation is 1. The lowest BCUT2D eigenvalue weighted by Gasteiger charge is -1.92. The van der Waals surface area contributed by atoms with E-state index in [4.69, 9.17) is 0 Å². The van der Waals surface area contributed by atoms with Crippen LogP contribution in [0.5, 0.6) is 0 Å². The van der Waals surface area contributed by atoms with Gasteiger partial charge in [0.1, 0.15) is 6.29 Å². The van der Waals surface area contributed by atoms with Gasteiger partial charge in [-0.2, -0.15) is 5.10 Å². The van der Waals surface area contributed by atoms with E-state index in [-0.39, 0.29) is 0 Å². The molecule has 0 unspecified atom stereocenters. The lowest BCUT2D eigenvalue weighted by atomic mass is 10.5. The van der Waals surface area contributed by atoms with E-state index in [0.29, 0.717) is 13.0 Å². The molecular formula is C6H8N2O. The number of aromatic nitrogens is 2. The van der Waals surface area contributed by atoms with Gasteiger partial charge in [0.15, 0.2) is 0 Å². The van der Waals surface area contributed by atoms with Gasteiger partial charge in [0.25, 0.3) is 0 Å². The highest BCUT2D eigenvalue weighted by Gasteiger charge is 1.85. The van der Waals surface area contributed by atoms with E-state index < -0.39 is 0 Å². The van der Waals surface area contributed by atoms with Gasteiger partial charge in [0, 0.05) is 25.4 Å². The minimum absolute atomic E-state index is 0.543. The fraction of sp³-hybridized carbons (Fsp3) is 0.333. The molecule has 3 nitrogen and oxygen atoms in total. The van der Waals surface area contributed by atoms with Crippen LogP contribution in [0.2, 0.25) is 0 Å². The van der Waals surface area contributed by atoms with E-state index in [9.17, 15) is 4.79 Å². The average Bonchev–Trinajstić information content (AvgIpc) is 2.34. The minimum atomic E-state index is 0.543. The lowest BCUT2D eigenvalue weighted by molar-refractivity contribution is -0.108. The number of carbonyl (C=O) groups excluding carboxylic acids is 1. The molecule has 0 fully saturated rings. The summed E-state index contributed by atoms with van der Waals surface area (Å²) in [4.78, 5) is 9.86. The highest BCUT2D eigenvalue weighted by atomic mass is 16.1. The maximum absolute atomic E-state index is 9.86. The van der Waals surface area contributed by atoms with E-state index in [1.807, 2.05) is 12.3 Å². The van der Waals surface area contributed by atoms with Gasteiger partial charge in [0.2, 0.25) is 0 Å². The molecule has 1 aromatic rings. The number of aldehydes is 1. The van der Waals surface area contributed by atoms with Gasteiger partial charge < -0.3 is 4.79 Å². The first-order chi connectivity index (χ1) is 4.43. The van der Waals surface area contributed by atoms with Gasteiger partial charge in [-0.1, -0.05) is 0 Å². The fourth-order valence-corrected chi connectivity index (χ4v) is 0.618. The maximum atomic E-state index is 9.86. The molecule has 9 heavy (non-hydrogen) atoms. The van der Waals surface area contributed by atoms with Crippen LogP contribution in [0.1, 0.15) is 6.42 Å². The standard InChI is InChI=1S/C6H8N2O/c9-6-2-5-8-4-1-3-7-8/h1,3-4,6H,2,5H2. The Morgan fingerprint density at radius 2 is 2.56 bits per heavy atom. The zero-order valence-electron chi connectivity index (χ0n) is 5.03. The lowest BCUT2D eigenvalue weighted by Crippen LogP contribution is -1.97. The van der Waals surface area contributed by atoms with Gasteiger partial charge in [-0.15, -0.1) is 0 Å². The Labute approximate surface area is 53.3 Å². The monoisotopic (exact) mass is 124 g/mol. The Kier molecular flexibility index (Phi) is 2.01. The van der Waals surface area contributed by atoms with Crippen molar-refractivity contribution in [3.8, 4) is 0 Å². The van der Waals surface area contributed by atoms with Crippen LogP contribution in [-0.2, 0) is 11.3 Å². The summed E-state index contributed by atoms with van der Waals surface area (Å²) in [6.07, 6.45) is 4.97. The van der Waals surface area contributed by atoms with Crippen molar-refractivity contribution < 1.29 is 4.79 Å². The molecule has 0 radical (unpaired) electrons. The highest BCUT2D eigenvalue weighted by Crippen LogP contribution is 1.84. The Balaban J connectivity index is 2.38. The van der Waals surface area contributed by atoms with Crippen LogP contribution in [0, 0.1) is 0 Å². The molecule has 0 atom stereocenters. The van der Waals surface area contributed by atoms with Crippen molar-refractivity contribution in [3.63, 3.8) is 0 Å². The third-order valence-electron chi connectivity index (χ3n) is 1.04. The molecule has 0 saturated carbocycles. The molecule has 0 N–H and O–H groups in total. The SMILES string of the molecule is O=CCCn1cccn1. The molecule has 1 rings (SSSR count). The molecule has 0 spiro atoms. The molecular weight excluding hydrogens is 116 g/mol. The zero-order chi connectivity index (χ0) is 6.53. The van der Waals surface area contributed by atoms with E-state index in [2.05, 4.69) is 5.10 Å². The van der Waals surface area contributed by atoms with Gasteiger partial charge in [0.05, 0.1) is 0 Å². The molecule has 1 heterocycles. The van der Waals surface area contributed by atoms with E-state index in [0.717, 1.165) is 6.29 Å². The van der Waals surface area contributed by atoms with Crippen LogP contribution < -0.4 is 0 Å². The van der Waals surface area contributed by atoms with Gasteiger partial charge >= 0.3 is 0 Å². The first kappa shape index (κ1) is 6.01. The van der Waals surface area contributed by atoms with Crippen LogP contribution in [0.25, 0.3) is 0 Å². The summed E-state index contributed by atoms with van der Waals surface area (Å²) in [6.45, 7) is 0.691. The van der Waals surface area contributed by atoms with Crippen LogP contribution in [0.15, 0.2) is 18.5 Å². The van der Waals surface area contributed by atoms with E-state index in [1.54, 1.807) is 10.9 Å². The van der Waals surface area contributed by atoms with Gasteiger partial charge in [-0.05, 0) is 6.07 Å². The van der Waals surface area contributed by atoms with Crippen molar-refractivity contribution in [2.45, 2.75) is 13.0 Å². The van der Waals surface area contributed by atoms with Crippen molar-refractivity contribution in [1.82, 2.24) is 9.78 Å². The molecule has 3 heteroatoms. The first-order valence-corrected chi connectivity index (χ1v) is 2.84. The van der Waals surface area contributed by atoms with E-state index in [1.165, 1.54) is 0 Å². The third-order valence-corrected chi connectivity index (χ3v) is 1.04. The summed E-state index contributed by atoms with van der Waals surface area (Å²) in [6, 6.07) is 1.84. The van der Waals surface area contributed by atoms with E-state index >= 15 is 0 Å². The molecule has 0 bridgehead atoms. The van der Waals surface area contributed by atoms with Crippen molar-refractivity contribution >= 4 is 6.29 Å². The van der Waals surface area contributed by atoms with Gasteiger partial charge in [-0.25, -0.2) is 0 Å². The second-order valence-electron chi connectivity index (χ2n) is 1.72. The zero-order valence-corrected chi connectivity index (χ0v) is 5.03. The number of hydrogen-bond acceptors (Lipinski definition) is 2. The fourth-order valence-electron chi connectivity index (χ4n) is 0.618. The second-order valence-corrected chi connectivity index (χ2v) is 1.72. The number of rotatable bonds is 3. The molecule has 0 amide bonds. The Morgan fingerprint density at radius 3 is 3.11 bits per heavy atom. The molecule has 1 aromatic heterocycles. The molecule has 0 aromatic carbocycles. The summed E-state index contributed by atoms with van der Waals surface area (Å²) in [5.74, 6) is 0. The Morgan fingerprint density at radius 1 is 1.67 bits per heavy atom. The third kappa shape index (κ3) is 1.68. The van der Waals surface area contributed by atoms with Crippen LogP contribution >= 0.6 is 0 Å². The maximum Gasteiger partial charge on any atom is 0.121 e. The second kappa shape index (κ2) is 3.02. The number of nitrogens with zero attached hydrogens (tertiary/aromatic N) is 2. The van der Waals surface area contributed by atoms with Crippen molar-refractivity contribution in [3.05, 3.63) is 18.5 Å². The first-order valence-electron chi connectivity index (χ1n) is 2.84. The van der Waals surface area contributed by atoms with Crippen LogP contribution in [0.3, 0.4) is 0 Å². The Bertz CT molecular complexity index is 169. The Hall–Kier alpha value is -1.12. The van der Waals surface area contributed by atoms with Crippen molar-refractivity contribution in [1.29, 1.82) is 0 Å². The summed E-state index contributed by atoms with van der Waals surface area (Å²) in [5, 5.41) is 3.91. The summed E-state index contributed by atoms with van der Waals surface area (Å²) >= 11 is 0. The summed E-state index contributed by atoms with van der Waals surface area (Å²) < 4.78 is 1.73. The molecule has 0 aliphatic rings. The van der Waals surface area contributed by atoms with Crippen LogP contribution in [-0.4, -0.2) is 16.1 Å². The molecule has 0 aliphatic heterocycles. The normalized spacial score (nSPS) is 9.33. The minimum Gasteiger partial charge on any atom is -0.303 e. The molecule has 0 saturated heterocycles.